The van der Waals surface area contributed by atoms with Gasteiger partial charge in [0.1, 0.15) is 5.69 Å². The molecule has 96 valence electrons. The highest BCUT2D eigenvalue weighted by Crippen LogP contribution is 2.24. The van der Waals surface area contributed by atoms with E-state index >= 15 is 0 Å². The van der Waals surface area contributed by atoms with E-state index < -0.39 is 0 Å². The summed E-state index contributed by atoms with van der Waals surface area (Å²) in [6.07, 6.45) is 2.70. The number of nitrogens with one attached hydrogen (secondary N) is 1. The van der Waals surface area contributed by atoms with E-state index in [1.807, 2.05) is 29.8 Å². The Hall–Kier alpha value is -2.14. The number of anilines is 1. The quantitative estimate of drug-likeness (QED) is 0.740. The molecule has 0 saturated carbocycles. The van der Waals surface area contributed by atoms with E-state index in [-0.39, 0.29) is 6.04 Å². The zero-order chi connectivity index (χ0) is 13.2. The summed E-state index contributed by atoms with van der Waals surface area (Å²) in [5.41, 5.74) is 1.73. The molecule has 0 spiro atoms. The van der Waals surface area contributed by atoms with E-state index in [1.165, 1.54) is 11.3 Å². The monoisotopic (exact) mass is 271 g/mol. The van der Waals surface area contributed by atoms with E-state index in [2.05, 4.69) is 29.4 Å². The number of hydrogen-bond acceptors (Lipinski definition) is 4. The zero-order valence-corrected chi connectivity index (χ0v) is 11.2. The second-order valence-corrected chi connectivity index (χ2v) is 5.17. The summed E-state index contributed by atoms with van der Waals surface area (Å²) in [5, 5.41) is 5.21. The molecule has 0 bridgehead atoms. The molecule has 3 rings (SSSR count). The van der Waals surface area contributed by atoms with Gasteiger partial charge in [-0.05, 0) is 12.5 Å². The Morgan fingerprint density at radius 2 is 2.16 bits per heavy atom. The molecule has 5 heteroatoms. The van der Waals surface area contributed by atoms with Crippen LogP contribution >= 0.6 is 11.3 Å². The van der Waals surface area contributed by atoms with Crippen LogP contribution in [0.25, 0.3) is 4.96 Å². The third kappa shape index (κ3) is 2.13. The van der Waals surface area contributed by atoms with Crippen molar-refractivity contribution in [1.29, 1.82) is 0 Å². The topological polar surface area (TPSA) is 46.4 Å². The minimum Gasteiger partial charge on any atom is -0.362 e. The first-order valence-electron chi connectivity index (χ1n) is 6.02. The maximum absolute atomic E-state index is 11.2. The van der Waals surface area contributed by atoms with Crippen LogP contribution in [-0.2, 0) is 0 Å². The van der Waals surface area contributed by atoms with Crippen LogP contribution in [0.1, 0.15) is 29.0 Å². The first kappa shape index (κ1) is 11.9. The van der Waals surface area contributed by atoms with Gasteiger partial charge in [-0.3, -0.25) is 9.20 Å². The number of benzene rings is 1. The van der Waals surface area contributed by atoms with Crippen molar-refractivity contribution in [1.82, 2.24) is 9.38 Å². The van der Waals surface area contributed by atoms with E-state index in [0.29, 0.717) is 11.5 Å². The van der Waals surface area contributed by atoms with Gasteiger partial charge >= 0.3 is 0 Å². The van der Waals surface area contributed by atoms with Crippen molar-refractivity contribution in [2.75, 3.05) is 5.32 Å². The number of hydrogen-bond donors (Lipinski definition) is 1. The van der Waals surface area contributed by atoms with Crippen molar-refractivity contribution < 1.29 is 4.79 Å². The Labute approximate surface area is 114 Å². The lowest BCUT2D eigenvalue weighted by atomic mass is 10.1. The van der Waals surface area contributed by atoms with Gasteiger partial charge in [0.15, 0.2) is 17.1 Å². The van der Waals surface area contributed by atoms with Crippen molar-refractivity contribution in [2.45, 2.75) is 13.0 Å². The second-order valence-electron chi connectivity index (χ2n) is 4.30. The molecular formula is C14H13N3OS. The van der Waals surface area contributed by atoms with Crippen LogP contribution in [0.3, 0.4) is 0 Å². The summed E-state index contributed by atoms with van der Waals surface area (Å²) in [4.78, 5) is 16.5. The van der Waals surface area contributed by atoms with Crippen LogP contribution in [0.5, 0.6) is 0 Å². The van der Waals surface area contributed by atoms with E-state index in [0.717, 1.165) is 16.8 Å². The SMILES string of the molecule is CC(Nc1nc2sccn2c1C=O)c1ccccc1. The fourth-order valence-electron chi connectivity index (χ4n) is 2.05. The molecule has 0 amide bonds. The van der Waals surface area contributed by atoms with Gasteiger partial charge in [0.05, 0.1) is 6.04 Å². The van der Waals surface area contributed by atoms with Gasteiger partial charge in [0, 0.05) is 11.6 Å². The van der Waals surface area contributed by atoms with E-state index in [1.54, 1.807) is 4.40 Å². The molecule has 0 fully saturated rings. The predicted octanol–water partition coefficient (Wildman–Crippen LogP) is 3.38. The number of thiazole rings is 1. The van der Waals surface area contributed by atoms with Gasteiger partial charge in [0.25, 0.3) is 0 Å². The van der Waals surface area contributed by atoms with Crippen molar-refractivity contribution >= 4 is 28.4 Å². The Morgan fingerprint density at radius 3 is 2.89 bits per heavy atom. The minimum absolute atomic E-state index is 0.101. The molecule has 3 aromatic rings. The van der Waals surface area contributed by atoms with Gasteiger partial charge in [-0.2, -0.15) is 0 Å². The molecule has 1 aromatic carbocycles. The summed E-state index contributed by atoms with van der Waals surface area (Å²) >= 11 is 1.51. The van der Waals surface area contributed by atoms with Crippen LogP contribution in [-0.4, -0.2) is 15.7 Å². The van der Waals surface area contributed by atoms with E-state index in [4.69, 9.17) is 0 Å². The molecular weight excluding hydrogens is 258 g/mol. The van der Waals surface area contributed by atoms with Gasteiger partial charge in [-0.25, -0.2) is 4.98 Å². The van der Waals surface area contributed by atoms with Crippen molar-refractivity contribution in [3.05, 3.63) is 53.2 Å². The van der Waals surface area contributed by atoms with Gasteiger partial charge < -0.3 is 5.32 Å². The second kappa shape index (κ2) is 4.85. The van der Waals surface area contributed by atoms with E-state index in [9.17, 15) is 4.79 Å². The Bertz CT molecular complexity index is 702. The average Bonchev–Trinajstić information content (AvgIpc) is 3.00. The number of rotatable bonds is 4. The smallest absolute Gasteiger partial charge is 0.196 e. The first-order chi connectivity index (χ1) is 9.29. The summed E-state index contributed by atoms with van der Waals surface area (Å²) < 4.78 is 1.80. The molecule has 4 nitrogen and oxygen atoms in total. The van der Waals surface area contributed by atoms with Crippen LogP contribution < -0.4 is 5.32 Å². The molecule has 0 radical (unpaired) electrons. The summed E-state index contributed by atoms with van der Waals surface area (Å²) in [6.45, 7) is 2.05. The fraction of sp³-hybridized carbons (Fsp3) is 0.143. The Morgan fingerprint density at radius 1 is 1.37 bits per heavy atom. The number of carbonyl (C=O) groups excluding carboxylic acids is 1. The maximum Gasteiger partial charge on any atom is 0.196 e. The number of imidazole rings is 1. The lowest BCUT2D eigenvalue weighted by Gasteiger charge is -2.13. The molecule has 0 saturated heterocycles. The molecule has 1 unspecified atom stereocenters. The molecule has 0 aliphatic heterocycles. The minimum atomic E-state index is 0.101. The molecule has 19 heavy (non-hydrogen) atoms. The van der Waals surface area contributed by atoms with Crippen LogP contribution in [0.2, 0.25) is 0 Å². The standard InChI is InChI=1S/C14H13N3OS/c1-10(11-5-3-2-4-6-11)15-13-12(9-18)17-7-8-19-14(17)16-13/h2-10,15H,1H3. The molecule has 1 atom stereocenters. The normalized spacial score (nSPS) is 12.5. The third-order valence-corrected chi connectivity index (χ3v) is 3.82. The van der Waals surface area contributed by atoms with Crippen LogP contribution in [0, 0.1) is 0 Å². The molecule has 2 aromatic heterocycles. The highest BCUT2D eigenvalue weighted by molar-refractivity contribution is 7.15. The third-order valence-electron chi connectivity index (χ3n) is 3.06. The highest BCUT2D eigenvalue weighted by Gasteiger charge is 2.14. The summed E-state index contributed by atoms with van der Waals surface area (Å²) in [5.74, 6) is 0.637. The number of fused-ring (bicyclic) bond motifs is 1. The highest BCUT2D eigenvalue weighted by atomic mass is 32.1. The molecule has 0 aliphatic rings. The number of aldehydes is 1. The van der Waals surface area contributed by atoms with Gasteiger partial charge in [-0.1, -0.05) is 30.3 Å². The fourth-order valence-corrected chi connectivity index (χ4v) is 2.77. The number of nitrogens with zero attached hydrogens (tertiary/aromatic N) is 2. The van der Waals surface area contributed by atoms with Crippen molar-refractivity contribution in [3.8, 4) is 0 Å². The van der Waals surface area contributed by atoms with Crippen LogP contribution in [0.15, 0.2) is 41.9 Å². The summed E-state index contributed by atoms with van der Waals surface area (Å²) in [6, 6.07) is 10.2. The molecule has 0 aliphatic carbocycles. The number of aromatic nitrogens is 2. The van der Waals surface area contributed by atoms with Gasteiger partial charge in [0.2, 0.25) is 0 Å². The Balaban J connectivity index is 1.93. The largest absolute Gasteiger partial charge is 0.362 e. The van der Waals surface area contributed by atoms with Crippen LogP contribution in [0.4, 0.5) is 5.82 Å². The number of carbonyl (C=O) groups is 1. The molecule has 2 heterocycles. The summed E-state index contributed by atoms with van der Waals surface area (Å²) in [7, 11) is 0. The lowest BCUT2D eigenvalue weighted by Crippen LogP contribution is -2.08. The Kier molecular flexibility index (Phi) is 3.05. The lowest BCUT2D eigenvalue weighted by molar-refractivity contribution is 0.111. The zero-order valence-electron chi connectivity index (χ0n) is 10.4. The van der Waals surface area contributed by atoms with Crippen molar-refractivity contribution in [2.24, 2.45) is 0 Å². The molecule has 1 N–H and O–H groups in total. The van der Waals surface area contributed by atoms with Crippen molar-refractivity contribution in [3.63, 3.8) is 0 Å². The predicted molar refractivity (Wildman–Crippen MR) is 76.9 cm³/mol. The first-order valence-corrected chi connectivity index (χ1v) is 6.90. The average molecular weight is 271 g/mol. The van der Waals surface area contributed by atoms with Gasteiger partial charge in [-0.15, -0.1) is 11.3 Å². The maximum atomic E-state index is 11.2.